The second-order valence-corrected chi connectivity index (χ2v) is 11.9. The van der Waals surface area contributed by atoms with Crippen molar-refractivity contribution in [3.8, 4) is 5.69 Å². The van der Waals surface area contributed by atoms with E-state index >= 15 is 0 Å². The summed E-state index contributed by atoms with van der Waals surface area (Å²) in [5.41, 5.74) is 6.03. The summed E-state index contributed by atoms with van der Waals surface area (Å²) in [5, 5.41) is 24.5. The summed E-state index contributed by atoms with van der Waals surface area (Å²) >= 11 is 7.45. The number of carboxylic acids is 1. The van der Waals surface area contributed by atoms with Crippen LogP contribution in [0.5, 0.6) is 0 Å². The van der Waals surface area contributed by atoms with Crippen LogP contribution in [0.1, 0.15) is 45.1 Å². The van der Waals surface area contributed by atoms with Crippen molar-refractivity contribution >= 4 is 46.4 Å². The number of aromatic carboxylic acids is 1. The molecule has 0 radical (unpaired) electrons. The molecule has 0 aliphatic carbocycles. The molecule has 3 aromatic carbocycles. The fraction of sp³-hybridized carbons (Fsp3) is 0.121. The van der Waals surface area contributed by atoms with Crippen LogP contribution >= 0.6 is 24.0 Å². The molecule has 44 heavy (non-hydrogen) atoms. The molecule has 1 saturated heterocycles. The lowest BCUT2D eigenvalue weighted by atomic mass is 9.96. The molecule has 2 aromatic heterocycles. The van der Waals surface area contributed by atoms with Gasteiger partial charge in [-0.15, -0.1) is 0 Å². The van der Waals surface area contributed by atoms with Gasteiger partial charge in [-0.05, 0) is 110 Å². The van der Waals surface area contributed by atoms with Crippen LogP contribution in [0.25, 0.3) is 5.69 Å². The number of carbonyl (C=O) groups is 1. The fourth-order valence-electron chi connectivity index (χ4n) is 5.63. The number of pyridine rings is 1. The number of benzene rings is 3. The monoisotopic (exact) mass is 621 g/mol. The highest BCUT2D eigenvalue weighted by molar-refractivity contribution is 7.99. The Kier molecular flexibility index (Phi) is 7.90. The molecule has 1 aliphatic heterocycles. The van der Waals surface area contributed by atoms with Gasteiger partial charge in [0, 0.05) is 50.9 Å². The van der Waals surface area contributed by atoms with Gasteiger partial charge < -0.3 is 19.9 Å². The Morgan fingerprint density at radius 3 is 2.18 bits per heavy atom. The number of aromatic nitrogens is 2. The average Bonchev–Trinajstić information content (AvgIpc) is 3.52. The van der Waals surface area contributed by atoms with E-state index in [1.807, 2.05) is 61.5 Å². The minimum absolute atomic E-state index is 0.0601. The van der Waals surface area contributed by atoms with Crippen molar-refractivity contribution < 1.29 is 14.8 Å². The van der Waals surface area contributed by atoms with Gasteiger partial charge in [0.2, 0.25) is 0 Å². The molecule has 2 N–H and O–H groups in total. The Balaban J connectivity index is 1.37. The summed E-state index contributed by atoms with van der Waals surface area (Å²) in [4.78, 5) is 30.7. The second kappa shape index (κ2) is 11.9. The number of non-ortho nitro benzene ring substituents is 1. The lowest BCUT2D eigenvalue weighted by molar-refractivity contribution is -0.384. The van der Waals surface area contributed by atoms with Gasteiger partial charge in [-0.1, -0.05) is 17.8 Å². The van der Waals surface area contributed by atoms with E-state index in [-0.39, 0.29) is 23.3 Å². The zero-order valence-electron chi connectivity index (χ0n) is 23.7. The molecule has 0 spiro atoms. The maximum Gasteiger partial charge on any atom is 0.335 e. The number of hydrogen-bond acceptors (Lipinski definition) is 6. The van der Waals surface area contributed by atoms with E-state index in [0.29, 0.717) is 5.11 Å². The standard InChI is InChI=1S/C33H27N5O4S2/c1-20-19-28(21(2)36(20)23-8-6-22(7-9-23)32(39)40)31-30(29-5-3-4-18-34-29)35-33(43)37(31)24-10-14-26(15-11-24)44-27-16-12-25(13-17-27)38(41)42/h3-19,30-31H,1-2H3,(H,35,43)(H,39,40)/t30-,31-/m1/s1. The van der Waals surface area contributed by atoms with Crippen molar-refractivity contribution in [3.63, 3.8) is 0 Å². The summed E-state index contributed by atoms with van der Waals surface area (Å²) in [7, 11) is 0. The van der Waals surface area contributed by atoms with Gasteiger partial charge in [-0.2, -0.15) is 0 Å². The molecule has 9 nitrogen and oxygen atoms in total. The third-order valence-electron chi connectivity index (χ3n) is 7.66. The fourth-order valence-corrected chi connectivity index (χ4v) is 6.80. The number of rotatable bonds is 8. The predicted octanol–water partition coefficient (Wildman–Crippen LogP) is 7.42. The summed E-state index contributed by atoms with van der Waals surface area (Å²) < 4.78 is 2.12. The zero-order chi connectivity index (χ0) is 31.0. The quantitative estimate of drug-likeness (QED) is 0.104. The van der Waals surface area contributed by atoms with Gasteiger partial charge >= 0.3 is 5.97 Å². The van der Waals surface area contributed by atoms with Crippen LogP contribution in [-0.2, 0) is 0 Å². The molecular formula is C33H27N5O4S2. The van der Waals surface area contributed by atoms with Crippen LogP contribution in [-0.4, -0.2) is 30.7 Å². The highest BCUT2D eigenvalue weighted by atomic mass is 32.2. The van der Waals surface area contributed by atoms with Crippen LogP contribution < -0.4 is 10.2 Å². The minimum atomic E-state index is -0.963. The van der Waals surface area contributed by atoms with Gasteiger partial charge in [0.05, 0.1) is 28.3 Å². The number of carboxylic acid groups (broad SMARTS) is 1. The smallest absolute Gasteiger partial charge is 0.335 e. The molecule has 5 aromatic rings. The Labute approximate surface area is 263 Å². The summed E-state index contributed by atoms with van der Waals surface area (Å²) in [6.45, 7) is 4.10. The van der Waals surface area contributed by atoms with Gasteiger partial charge in [-0.3, -0.25) is 15.1 Å². The first-order chi connectivity index (χ1) is 21.2. The maximum atomic E-state index is 11.4. The minimum Gasteiger partial charge on any atom is -0.478 e. The molecule has 1 aliphatic rings. The zero-order valence-corrected chi connectivity index (χ0v) is 25.4. The SMILES string of the molecule is Cc1cc([C@@H]2[C@@H](c3ccccn3)NC(=S)N2c2ccc(Sc3ccc([N+](=O)[O-])cc3)cc2)c(C)n1-c1ccc(C(=O)O)cc1. The molecule has 0 unspecified atom stereocenters. The second-order valence-electron chi connectivity index (χ2n) is 10.4. The molecule has 6 rings (SSSR count). The Hall–Kier alpha value is -5.00. The molecule has 220 valence electrons. The van der Waals surface area contributed by atoms with Crippen LogP contribution in [0, 0.1) is 24.0 Å². The van der Waals surface area contributed by atoms with E-state index in [2.05, 4.69) is 32.8 Å². The summed E-state index contributed by atoms with van der Waals surface area (Å²) in [6.07, 6.45) is 1.78. The van der Waals surface area contributed by atoms with Crippen LogP contribution in [0.15, 0.2) is 113 Å². The molecule has 0 saturated carbocycles. The summed E-state index contributed by atoms with van der Waals surface area (Å²) in [5.74, 6) is -0.963. The lowest BCUT2D eigenvalue weighted by Gasteiger charge is -2.28. The van der Waals surface area contributed by atoms with Crippen LogP contribution in [0.4, 0.5) is 11.4 Å². The molecule has 2 atom stereocenters. The first-order valence-electron chi connectivity index (χ1n) is 13.8. The van der Waals surface area contributed by atoms with Crippen molar-refractivity contribution in [2.75, 3.05) is 4.90 Å². The van der Waals surface area contributed by atoms with Gasteiger partial charge in [-0.25, -0.2) is 4.79 Å². The molecule has 0 amide bonds. The van der Waals surface area contributed by atoms with Gasteiger partial charge in [0.25, 0.3) is 5.69 Å². The van der Waals surface area contributed by atoms with Crippen molar-refractivity contribution in [2.45, 2.75) is 35.7 Å². The molecule has 0 bridgehead atoms. The van der Waals surface area contributed by atoms with E-state index < -0.39 is 10.9 Å². The third kappa shape index (κ3) is 5.54. The predicted molar refractivity (Wildman–Crippen MR) is 174 cm³/mol. The summed E-state index contributed by atoms with van der Waals surface area (Å²) in [6, 6.07) is 29.0. The number of nitro groups is 1. The number of hydrogen-bond donors (Lipinski definition) is 2. The number of thiocarbonyl (C=S) groups is 1. The van der Waals surface area contributed by atoms with Crippen molar-refractivity contribution in [1.82, 2.24) is 14.9 Å². The van der Waals surface area contributed by atoms with E-state index in [1.54, 1.807) is 30.5 Å². The van der Waals surface area contributed by atoms with Crippen molar-refractivity contribution in [2.24, 2.45) is 0 Å². The number of anilines is 1. The van der Waals surface area contributed by atoms with Crippen molar-refractivity contribution in [3.05, 3.63) is 142 Å². The van der Waals surface area contributed by atoms with Gasteiger partial charge in [0.15, 0.2) is 5.11 Å². The molecular weight excluding hydrogens is 595 g/mol. The topological polar surface area (TPSA) is 114 Å². The van der Waals surface area contributed by atoms with E-state index in [0.717, 1.165) is 43.8 Å². The number of aryl methyl sites for hydroxylation is 1. The van der Waals surface area contributed by atoms with Crippen LogP contribution in [0.2, 0.25) is 0 Å². The lowest BCUT2D eigenvalue weighted by Crippen LogP contribution is -2.29. The number of nitro benzene ring substituents is 1. The Morgan fingerprint density at radius 2 is 1.59 bits per heavy atom. The molecule has 1 fully saturated rings. The number of nitrogens with one attached hydrogen (secondary N) is 1. The van der Waals surface area contributed by atoms with E-state index in [4.69, 9.17) is 12.2 Å². The Bertz CT molecular complexity index is 1860. The Morgan fingerprint density at radius 1 is 0.955 bits per heavy atom. The largest absolute Gasteiger partial charge is 0.478 e. The maximum absolute atomic E-state index is 11.4. The van der Waals surface area contributed by atoms with Gasteiger partial charge in [0.1, 0.15) is 0 Å². The first kappa shape index (κ1) is 29.1. The van der Waals surface area contributed by atoms with Crippen LogP contribution in [0.3, 0.4) is 0 Å². The molecule has 3 heterocycles. The molecule has 11 heteroatoms. The van der Waals surface area contributed by atoms with Crippen molar-refractivity contribution in [1.29, 1.82) is 0 Å². The normalized spacial score (nSPS) is 16.1. The first-order valence-corrected chi connectivity index (χ1v) is 15.0. The van der Waals surface area contributed by atoms with E-state index in [9.17, 15) is 20.0 Å². The highest BCUT2D eigenvalue weighted by Crippen LogP contribution is 2.44. The number of nitrogens with zero attached hydrogens (tertiary/aromatic N) is 4. The third-order valence-corrected chi connectivity index (χ3v) is 8.99. The highest BCUT2D eigenvalue weighted by Gasteiger charge is 2.42. The van der Waals surface area contributed by atoms with E-state index in [1.165, 1.54) is 23.9 Å². The average molecular weight is 622 g/mol.